The standard InChI is InChI=1S/C40H25N5S/c1-2-12-28-27(11-1)29-13-3-4-15-31(29)33-21-20-26(23-34(33)32-16-6-5-14-30(28)32)44-35-17-7-8-18-36(35)45-37-19-9-10-25(39(37)43-40(44)45)22-38-41-24-42-46-38/h1-21,23-24H,22H2. The maximum Gasteiger partial charge on any atom is 0.220 e. The lowest BCUT2D eigenvalue weighted by Crippen LogP contribution is -2.00. The number of benzene rings is 6. The topological polar surface area (TPSA) is 48.0 Å². The molecule has 10 rings (SSSR count). The van der Waals surface area contributed by atoms with Gasteiger partial charge in [-0.2, -0.15) is 4.37 Å². The third-order valence-corrected chi connectivity index (χ3v) is 9.93. The van der Waals surface area contributed by atoms with Crippen LogP contribution in [0.15, 0.2) is 140 Å². The van der Waals surface area contributed by atoms with Crippen LogP contribution in [0.3, 0.4) is 0 Å². The van der Waals surface area contributed by atoms with Gasteiger partial charge in [0.05, 0.1) is 22.1 Å². The molecule has 3 heterocycles. The maximum atomic E-state index is 5.35. The molecule has 0 bridgehead atoms. The quantitative estimate of drug-likeness (QED) is 0.201. The van der Waals surface area contributed by atoms with Gasteiger partial charge in [-0.05, 0) is 91.9 Å². The second-order valence-electron chi connectivity index (χ2n) is 11.7. The Kier molecular flexibility index (Phi) is 5.44. The Bertz CT molecular complexity index is 2620. The van der Waals surface area contributed by atoms with Crippen LogP contribution in [0.25, 0.3) is 78.0 Å². The van der Waals surface area contributed by atoms with Gasteiger partial charge >= 0.3 is 0 Å². The average molecular weight is 608 g/mol. The lowest BCUT2D eigenvalue weighted by Gasteiger charge is -2.23. The summed E-state index contributed by atoms with van der Waals surface area (Å²) < 4.78 is 8.82. The van der Waals surface area contributed by atoms with Gasteiger partial charge in [0.25, 0.3) is 0 Å². The first-order valence-electron chi connectivity index (χ1n) is 15.4. The summed E-state index contributed by atoms with van der Waals surface area (Å²) in [5, 5.41) is 0.986. The first kappa shape index (κ1) is 25.5. The molecule has 216 valence electrons. The number of hydrogen-bond acceptors (Lipinski definition) is 4. The molecule has 5 nitrogen and oxygen atoms in total. The molecule has 0 N–H and O–H groups in total. The number of fused-ring (bicyclic) bond motifs is 13. The molecule has 6 aromatic carbocycles. The van der Waals surface area contributed by atoms with Gasteiger partial charge in [0.15, 0.2) is 0 Å². The van der Waals surface area contributed by atoms with Gasteiger partial charge in [-0.1, -0.05) is 103 Å². The highest BCUT2D eigenvalue weighted by molar-refractivity contribution is 7.05. The van der Waals surface area contributed by atoms with E-state index in [1.807, 2.05) is 0 Å². The van der Waals surface area contributed by atoms with E-state index >= 15 is 0 Å². The SMILES string of the molecule is c1ccc2c(c1)-c1ccccc1-c1ccc(-n3c4ccccc4n4c5cccc(Cc6ncns6)c5nc34)cc1-c1ccccc1-2. The molecule has 9 aromatic rings. The Balaban J connectivity index is 1.27. The molecule has 0 radical (unpaired) electrons. The second-order valence-corrected chi connectivity index (χ2v) is 12.6. The van der Waals surface area contributed by atoms with Crippen molar-refractivity contribution in [2.24, 2.45) is 0 Å². The fourth-order valence-corrected chi connectivity index (χ4v) is 7.83. The van der Waals surface area contributed by atoms with Crippen molar-refractivity contribution in [2.75, 3.05) is 0 Å². The molecule has 0 amide bonds. The largest absolute Gasteiger partial charge is 0.278 e. The molecule has 1 aliphatic carbocycles. The van der Waals surface area contributed by atoms with E-state index in [1.54, 1.807) is 6.33 Å². The van der Waals surface area contributed by atoms with Crippen LogP contribution in [-0.4, -0.2) is 23.3 Å². The minimum absolute atomic E-state index is 0.705. The molecule has 0 fully saturated rings. The van der Waals surface area contributed by atoms with Crippen LogP contribution in [0, 0.1) is 0 Å². The van der Waals surface area contributed by atoms with E-state index in [0.717, 1.165) is 44.1 Å². The highest BCUT2D eigenvalue weighted by atomic mass is 32.1. The average Bonchev–Trinajstić information content (AvgIpc) is 3.84. The summed E-state index contributed by atoms with van der Waals surface area (Å²) in [5.41, 5.74) is 16.4. The molecule has 0 aliphatic heterocycles. The lowest BCUT2D eigenvalue weighted by atomic mass is 9.81. The Morgan fingerprint density at radius 1 is 0.522 bits per heavy atom. The first-order valence-corrected chi connectivity index (χ1v) is 16.2. The molecule has 0 unspecified atom stereocenters. The molecule has 6 heteroatoms. The van der Waals surface area contributed by atoms with Crippen molar-refractivity contribution in [1.82, 2.24) is 23.3 Å². The molecule has 0 saturated heterocycles. The number of aromatic nitrogens is 5. The van der Waals surface area contributed by atoms with Crippen molar-refractivity contribution in [1.29, 1.82) is 0 Å². The summed E-state index contributed by atoms with van der Waals surface area (Å²) in [6.07, 6.45) is 2.33. The highest BCUT2D eigenvalue weighted by Crippen LogP contribution is 2.48. The number of imidazole rings is 2. The van der Waals surface area contributed by atoms with Gasteiger partial charge < -0.3 is 0 Å². The van der Waals surface area contributed by atoms with Crippen LogP contribution in [0.4, 0.5) is 0 Å². The highest BCUT2D eigenvalue weighted by Gasteiger charge is 2.24. The molecule has 3 aromatic heterocycles. The van der Waals surface area contributed by atoms with E-state index in [0.29, 0.717) is 6.42 Å². The fourth-order valence-electron chi connectivity index (χ4n) is 7.30. The zero-order valence-corrected chi connectivity index (χ0v) is 25.4. The Labute approximate surface area is 268 Å². The van der Waals surface area contributed by atoms with E-state index in [9.17, 15) is 0 Å². The van der Waals surface area contributed by atoms with Crippen LogP contribution in [0.2, 0.25) is 0 Å². The summed E-state index contributed by atoms with van der Waals surface area (Å²) in [7, 11) is 0. The van der Waals surface area contributed by atoms with Crippen molar-refractivity contribution >= 4 is 39.4 Å². The zero-order chi connectivity index (χ0) is 30.2. The zero-order valence-electron chi connectivity index (χ0n) is 24.6. The number of nitrogens with zero attached hydrogens (tertiary/aromatic N) is 5. The summed E-state index contributed by atoms with van der Waals surface area (Å²) in [4.78, 5) is 9.79. The minimum atomic E-state index is 0.705. The van der Waals surface area contributed by atoms with E-state index in [-0.39, 0.29) is 0 Å². The van der Waals surface area contributed by atoms with Gasteiger partial charge in [-0.3, -0.25) is 8.97 Å². The third-order valence-electron chi connectivity index (χ3n) is 9.27. The van der Waals surface area contributed by atoms with Gasteiger partial charge in [0.1, 0.15) is 11.3 Å². The summed E-state index contributed by atoms with van der Waals surface area (Å²) in [6, 6.07) is 48.3. The van der Waals surface area contributed by atoms with Gasteiger partial charge in [0.2, 0.25) is 5.78 Å². The van der Waals surface area contributed by atoms with Gasteiger partial charge in [0, 0.05) is 12.1 Å². The van der Waals surface area contributed by atoms with Crippen LogP contribution in [-0.2, 0) is 6.42 Å². The van der Waals surface area contributed by atoms with Crippen LogP contribution in [0.1, 0.15) is 10.6 Å². The third kappa shape index (κ3) is 3.65. The molecule has 1 aliphatic rings. The van der Waals surface area contributed by atoms with E-state index in [4.69, 9.17) is 4.98 Å². The maximum absolute atomic E-state index is 5.35. The Morgan fingerprint density at radius 3 is 1.72 bits per heavy atom. The van der Waals surface area contributed by atoms with Crippen LogP contribution < -0.4 is 0 Å². The molecule has 0 spiro atoms. The van der Waals surface area contributed by atoms with E-state index in [1.165, 1.54) is 56.0 Å². The van der Waals surface area contributed by atoms with Gasteiger partial charge in [-0.25, -0.2) is 9.97 Å². The predicted octanol–water partition coefficient (Wildman–Crippen LogP) is 9.86. The van der Waals surface area contributed by atoms with E-state index in [2.05, 4.69) is 152 Å². The first-order chi connectivity index (χ1) is 22.8. The monoisotopic (exact) mass is 607 g/mol. The molecular weight excluding hydrogens is 583 g/mol. The van der Waals surface area contributed by atoms with Crippen molar-refractivity contribution in [3.63, 3.8) is 0 Å². The number of rotatable bonds is 3. The summed E-state index contributed by atoms with van der Waals surface area (Å²) >= 11 is 1.44. The molecular formula is C40H25N5S. The summed E-state index contributed by atoms with van der Waals surface area (Å²) in [5.74, 6) is 0.894. The molecule has 0 saturated carbocycles. The predicted molar refractivity (Wildman–Crippen MR) is 188 cm³/mol. The lowest BCUT2D eigenvalue weighted by molar-refractivity contribution is 1.10. The van der Waals surface area contributed by atoms with Crippen molar-refractivity contribution < 1.29 is 0 Å². The van der Waals surface area contributed by atoms with Crippen LogP contribution >= 0.6 is 11.5 Å². The van der Waals surface area contributed by atoms with Crippen LogP contribution in [0.5, 0.6) is 0 Å². The number of hydrogen-bond donors (Lipinski definition) is 0. The second kappa shape index (κ2) is 9.83. The van der Waals surface area contributed by atoms with Crippen molar-refractivity contribution in [2.45, 2.75) is 6.42 Å². The normalized spacial score (nSPS) is 12.0. The molecule has 0 atom stereocenters. The fraction of sp³-hybridized carbons (Fsp3) is 0.0250. The Morgan fingerprint density at radius 2 is 1.09 bits per heavy atom. The number of para-hydroxylation sites is 3. The van der Waals surface area contributed by atoms with E-state index < -0.39 is 0 Å². The van der Waals surface area contributed by atoms with Gasteiger partial charge in [-0.15, -0.1) is 0 Å². The minimum Gasteiger partial charge on any atom is -0.278 e. The smallest absolute Gasteiger partial charge is 0.220 e. The Hall–Kier alpha value is -5.85. The van der Waals surface area contributed by atoms with Crippen molar-refractivity contribution in [3.05, 3.63) is 150 Å². The molecule has 46 heavy (non-hydrogen) atoms. The van der Waals surface area contributed by atoms with Crippen molar-refractivity contribution in [3.8, 4) is 50.2 Å². The summed E-state index contributed by atoms with van der Waals surface area (Å²) in [6.45, 7) is 0.